The molecule has 1 heterocycles. The first-order chi connectivity index (χ1) is 9.56. The third-order valence-electron chi connectivity index (χ3n) is 3.06. The molecule has 1 atom stereocenters. The largest absolute Gasteiger partial charge is 0.492 e. The number of hydrogen-bond donors (Lipinski definition) is 1. The molecule has 0 spiro atoms. The van der Waals surface area contributed by atoms with Gasteiger partial charge in [0.2, 0.25) is 0 Å². The molecule has 1 aromatic carbocycles. The number of nitrogens with two attached hydrogens (primary N) is 1. The number of aryl methyl sites for hydroxylation is 1. The van der Waals surface area contributed by atoms with Gasteiger partial charge in [-0.2, -0.15) is 0 Å². The highest BCUT2D eigenvalue weighted by Crippen LogP contribution is 2.26. The van der Waals surface area contributed by atoms with Crippen LogP contribution in [-0.2, 0) is 19.9 Å². The summed E-state index contributed by atoms with van der Waals surface area (Å²) in [6.45, 7) is 2.53. The minimum atomic E-state index is 0.126. The van der Waals surface area contributed by atoms with Crippen LogP contribution in [-0.4, -0.2) is 22.2 Å². The van der Waals surface area contributed by atoms with Crippen molar-refractivity contribution >= 4 is 11.6 Å². The predicted octanol–water partition coefficient (Wildman–Crippen LogP) is 2.58. The van der Waals surface area contributed by atoms with Crippen LogP contribution >= 0.6 is 11.6 Å². The summed E-state index contributed by atoms with van der Waals surface area (Å²) in [5.74, 6) is 1.70. The molecular formula is C15H20ClN3O. The van der Waals surface area contributed by atoms with Gasteiger partial charge in [-0.3, -0.25) is 0 Å². The van der Waals surface area contributed by atoms with E-state index in [0.29, 0.717) is 17.4 Å². The molecule has 0 aliphatic rings. The maximum atomic E-state index is 6.22. The van der Waals surface area contributed by atoms with E-state index in [4.69, 9.17) is 22.1 Å². The summed E-state index contributed by atoms with van der Waals surface area (Å²) in [4.78, 5) is 4.25. The van der Waals surface area contributed by atoms with Crippen molar-refractivity contribution in [3.63, 3.8) is 0 Å². The molecule has 4 nitrogen and oxygen atoms in total. The van der Waals surface area contributed by atoms with Gasteiger partial charge in [0.25, 0.3) is 0 Å². The molecule has 1 unspecified atom stereocenters. The molecule has 1 aromatic heterocycles. The lowest BCUT2D eigenvalue weighted by molar-refractivity contribution is 0.317. The lowest BCUT2D eigenvalue weighted by Crippen LogP contribution is -2.17. The van der Waals surface area contributed by atoms with Crippen LogP contribution in [0.1, 0.15) is 18.3 Å². The van der Waals surface area contributed by atoms with Crippen molar-refractivity contribution in [2.24, 2.45) is 12.8 Å². The van der Waals surface area contributed by atoms with Crippen LogP contribution in [0.2, 0.25) is 5.02 Å². The fourth-order valence-corrected chi connectivity index (χ4v) is 2.31. The second-order valence-electron chi connectivity index (χ2n) is 5.00. The highest BCUT2D eigenvalue weighted by atomic mass is 35.5. The molecule has 20 heavy (non-hydrogen) atoms. The van der Waals surface area contributed by atoms with E-state index in [1.807, 2.05) is 42.9 Å². The first kappa shape index (κ1) is 14.9. The van der Waals surface area contributed by atoms with Crippen LogP contribution in [0.15, 0.2) is 30.6 Å². The zero-order chi connectivity index (χ0) is 14.5. The average Bonchev–Trinajstić information content (AvgIpc) is 2.77. The summed E-state index contributed by atoms with van der Waals surface area (Å²) < 4.78 is 7.69. The van der Waals surface area contributed by atoms with E-state index < -0.39 is 0 Å². The number of nitrogens with zero attached hydrogens (tertiary/aromatic N) is 2. The minimum absolute atomic E-state index is 0.126. The zero-order valence-corrected chi connectivity index (χ0v) is 12.6. The Kier molecular flexibility index (Phi) is 5.04. The Balaban J connectivity index is 1.91. The van der Waals surface area contributed by atoms with Gasteiger partial charge in [0.05, 0.1) is 11.6 Å². The number of ether oxygens (including phenoxy) is 1. The van der Waals surface area contributed by atoms with Crippen molar-refractivity contribution in [1.82, 2.24) is 9.55 Å². The van der Waals surface area contributed by atoms with Crippen LogP contribution < -0.4 is 10.5 Å². The third-order valence-corrected chi connectivity index (χ3v) is 3.35. The first-order valence-electron chi connectivity index (χ1n) is 6.69. The van der Waals surface area contributed by atoms with E-state index in [9.17, 15) is 0 Å². The van der Waals surface area contributed by atoms with Crippen molar-refractivity contribution < 1.29 is 4.74 Å². The summed E-state index contributed by atoms with van der Waals surface area (Å²) in [5.41, 5.74) is 6.90. The molecule has 2 aromatic rings. The number of imidazole rings is 1. The molecule has 5 heteroatoms. The Hall–Kier alpha value is -1.52. The van der Waals surface area contributed by atoms with Gasteiger partial charge in [-0.15, -0.1) is 0 Å². The summed E-state index contributed by atoms with van der Waals surface area (Å²) in [5, 5.41) is 0.628. The van der Waals surface area contributed by atoms with Gasteiger partial charge in [-0.1, -0.05) is 17.7 Å². The number of halogens is 1. The summed E-state index contributed by atoms with van der Waals surface area (Å²) in [6, 6.07) is 5.95. The zero-order valence-electron chi connectivity index (χ0n) is 11.8. The lowest BCUT2D eigenvalue weighted by atomic mass is 10.1. The average molecular weight is 294 g/mol. The van der Waals surface area contributed by atoms with E-state index in [1.165, 1.54) is 0 Å². The monoisotopic (exact) mass is 293 g/mol. The van der Waals surface area contributed by atoms with E-state index in [2.05, 4.69) is 4.98 Å². The number of benzene rings is 1. The number of hydrogen-bond acceptors (Lipinski definition) is 3. The molecule has 0 radical (unpaired) electrons. The Bertz CT molecular complexity index is 566. The normalized spacial score (nSPS) is 12.4. The molecule has 2 rings (SSSR count). The number of aromatic nitrogens is 2. The smallest absolute Gasteiger partial charge is 0.137 e. The topological polar surface area (TPSA) is 53.1 Å². The maximum absolute atomic E-state index is 6.22. The third kappa shape index (κ3) is 3.99. The quantitative estimate of drug-likeness (QED) is 0.890. The van der Waals surface area contributed by atoms with Gasteiger partial charge < -0.3 is 15.0 Å². The van der Waals surface area contributed by atoms with Crippen molar-refractivity contribution in [1.29, 1.82) is 0 Å². The van der Waals surface area contributed by atoms with E-state index >= 15 is 0 Å². The van der Waals surface area contributed by atoms with E-state index in [1.54, 1.807) is 6.20 Å². The van der Waals surface area contributed by atoms with Crippen LogP contribution in [0.3, 0.4) is 0 Å². The highest BCUT2D eigenvalue weighted by molar-refractivity contribution is 6.32. The van der Waals surface area contributed by atoms with Crippen LogP contribution in [0, 0.1) is 0 Å². The molecule has 0 fully saturated rings. The molecular weight excluding hydrogens is 274 g/mol. The summed E-state index contributed by atoms with van der Waals surface area (Å²) >= 11 is 6.22. The fourth-order valence-electron chi connectivity index (χ4n) is 2.05. The van der Waals surface area contributed by atoms with Gasteiger partial charge in [-0.05, 0) is 31.0 Å². The molecule has 0 aliphatic heterocycles. The number of rotatable bonds is 6. The van der Waals surface area contributed by atoms with Crippen molar-refractivity contribution in [2.45, 2.75) is 25.8 Å². The minimum Gasteiger partial charge on any atom is -0.492 e. The van der Waals surface area contributed by atoms with Gasteiger partial charge >= 0.3 is 0 Å². The Morgan fingerprint density at radius 3 is 2.85 bits per heavy atom. The van der Waals surface area contributed by atoms with E-state index in [-0.39, 0.29) is 6.04 Å². The van der Waals surface area contributed by atoms with Gasteiger partial charge in [0, 0.05) is 31.9 Å². The van der Waals surface area contributed by atoms with Gasteiger partial charge in [0.15, 0.2) is 0 Å². The van der Waals surface area contributed by atoms with Crippen LogP contribution in [0.4, 0.5) is 0 Å². The molecule has 0 saturated carbocycles. The lowest BCUT2D eigenvalue weighted by Gasteiger charge is -2.10. The van der Waals surface area contributed by atoms with Gasteiger partial charge in [-0.25, -0.2) is 4.98 Å². The van der Waals surface area contributed by atoms with Gasteiger partial charge in [0.1, 0.15) is 11.6 Å². The molecule has 108 valence electrons. The fraction of sp³-hybridized carbons (Fsp3) is 0.400. The summed E-state index contributed by atoms with van der Waals surface area (Å²) in [6.07, 6.45) is 5.27. The highest BCUT2D eigenvalue weighted by Gasteiger charge is 2.06. The Labute approximate surface area is 124 Å². The molecule has 0 bridgehead atoms. The Morgan fingerprint density at radius 1 is 1.45 bits per heavy atom. The second-order valence-corrected chi connectivity index (χ2v) is 5.41. The Morgan fingerprint density at radius 2 is 2.25 bits per heavy atom. The van der Waals surface area contributed by atoms with Crippen LogP contribution in [0.5, 0.6) is 5.75 Å². The molecule has 0 saturated heterocycles. The summed E-state index contributed by atoms with van der Waals surface area (Å²) in [7, 11) is 1.97. The van der Waals surface area contributed by atoms with Crippen LogP contribution in [0.25, 0.3) is 0 Å². The molecule has 0 amide bonds. The standard InChI is InChI=1S/C15H20ClN3O/c1-11(17)9-12-3-4-14(13(16)10-12)20-8-5-15-18-6-7-19(15)2/h3-4,6-7,10-11H,5,8-9,17H2,1-2H3. The van der Waals surface area contributed by atoms with Crippen molar-refractivity contribution in [3.8, 4) is 5.75 Å². The van der Waals surface area contributed by atoms with Crippen molar-refractivity contribution in [3.05, 3.63) is 47.0 Å². The first-order valence-corrected chi connectivity index (χ1v) is 7.07. The SMILES string of the molecule is CC(N)Cc1ccc(OCCc2nccn2C)c(Cl)c1. The second kappa shape index (κ2) is 6.77. The predicted molar refractivity (Wildman–Crippen MR) is 81.2 cm³/mol. The molecule has 2 N–H and O–H groups in total. The van der Waals surface area contributed by atoms with Crippen molar-refractivity contribution in [2.75, 3.05) is 6.61 Å². The molecule has 0 aliphatic carbocycles. The van der Waals surface area contributed by atoms with E-state index in [0.717, 1.165) is 24.2 Å². The maximum Gasteiger partial charge on any atom is 0.137 e.